The van der Waals surface area contributed by atoms with Gasteiger partial charge in [-0.25, -0.2) is 0 Å². The topological polar surface area (TPSA) is 112 Å². The van der Waals surface area contributed by atoms with E-state index in [0.717, 1.165) is 25.9 Å². The highest BCUT2D eigenvalue weighted by molar-refractivity contribution is 7.33. The van der Waals surface area contributed by atoms with Crippen molar-refractivity contribution >= 4 is 8.25 Å². The fourth-order valence-corrected chi connectivity index (χ4v) is 2.09. The first-order valence-electron chi connectivity index (χ1n) is 7.20. The van der Waals surface area contributed by atoms with E-state index in [1.807, 2.05) is 13.8 Å². The number of nitrogens with one attached hydrogen (secondary N) is 2. The number of hydrogen-bond acceptors (Lipinski definition) is 7. The van der Waals surface area contributed by atoms with Crippen LogP contribution in [0.2, 0.25) is 0 Å². The molecule has 120 valence electrons. The van der Waals surface area contributed by atoms with Crippen molar-refractivity contribution in [2.24, 2.45) is 11.5 Å². The average Bonchev–Trinajstić information content (AvgIpc) is 2.42. The van der Waals surface area contributed by atoms with Crippen LogP contribution < -0.4 is 22.1 Å². The van der Waals surface area contributed by atoms with E-state index in [-0.39, 0.29) is 0 Å². The highest BCUT2D eigenvalue weighted by Crippen LogP contribution is 2.24. The van der Waals surface area contributed by atoms with Gasteiger partial charge in [-0.1, -0.05) is 0 Å². The summed E-state index contributed by atoms with van der Waals surface area (Å²) >= 11 is 0. The molecule has 2 atom stereocenters. The minimum absolute atomic E-state index is 0.294. The lowest BCUT2D eigenvalue weighted by Crippen LogP contribution is -2.31. The van der Waals surface area contributed by atoms with E-state index in [1.54, 1.807) is 0 Å². The van der Waals surface area contributed by atoms with Crippen molar-refractivity contribution in [1.29, 1.82) is 0 Å². The molecule has 0 radical (unpaired) electrons. The summed E-state index contributed by atoms with van der Waals surface area (Å²) in [4.78, 5) is 0. The second kappa shape index (κ2) is 13.8. The van der Waals surface area contributed by atoms with Gasteiger partial charge in [-0.05, 0) is 26.7 Å². The molecule has 0 aromatic carbocycles. The van der Waals surface area contributed by atoms with Crippen molar-refractivity contribution in [3.05, 3.63) is 0 Å². The molecule has 0 aromatic rings. The van der Waals surface area contributed by atoms with Gasteiger partial charge in [0.1, 0.15) is 13.2 Å². The molecule has 0 aliphatic rings. The van der Waals surface area contributed by atoms with Gasteiger partial charge in [0.25, 0.3) is 0 Å². The predicted octanol–water partition coefficient (Wildman–Crippen LogP) is 0.331. The summed E-state index contributed by atoms with van der Waals surface area (Å²) in [6.07, 6.45) is 1.55. The number of nitrogens with two attached hydrogens (primary N) is 2. The maximum Gasteiger partial charge on any atom is 0.697 e. The SMILES string of the molecule is CC(CCO[P+](=O)OCCC(C)NCCN)NCCN. The van der Waals surface area contributed by atoms with Gasteiger partial charge in [-0.2, -0.15) is 0 Å². The lowest BCUT2D eigenvalue weighted by molar-refractivity contribution is 0.210. The third-order valence-corrected chi connectivity index (χ3v) is 3.56. The largest absolute Gasteiger partial charge is 0.697 e. The Hall–Kier alpha value is -0.140. The summed E-state index contributed by atoms with van der Waals surface area (Å²) in [5.74, 6) is 0. The Labute approximate surface area is 123 Å². The first-order valence-corrected chi connectivity index (χ1v) is 8.29. The zero-order valence-corrected chi connectivity index (χ0v) is 13.5. The van der Waals surface area contributed by atoms with Gasteiger partial charge in [0, 0.05) is 42.8 Å². The summed E-state index contributed by atoms with van der Waals surface area (Å²) in [5.41, 5.74) is 10.8. The zero-order chi connectivity index (χ0) is 15.2. The van der Waals surface area contributed by atoms with Gasteiger partial charge in [0.2, 0.25) is 0 Å². The molecule has 7 nitrogen and oxygen atoms in total. The Morgan fingerprint density at radius 2 is 1.35 bits per heavy atom. The minimum Gasteiger partial charge on any atom is -0.329 e. The summed E-state index contributed by atoms with van der Waals surface area (Å²) in [6.45, 7) is 7.67. The summed E-state index contributed by atoms with van der Waals surface area (Å²) in [7, 11) is -2.02. The second-order valence-electron chi connectivity index (χ2n) is 4.76. The Morgan fingerprint density at radius 1 is 0.950 bits per heavy atom. The first kappa shape index (κ1) is 19.9. The summed E-state index contributed by atoms with van der Waals surface area (Å²) < 4.78 is 21.7. The molecule has 0 rings (SSSR count). The molecular weight excluding hydrogens is 279 g/mol. The van der Waals surface area contributed by atoms with Crippen LogP contribution in [0.1, 0.15) is 26.7 Å². The minimum atomic E-state index is -2.02. The average molecular weight is 309 g/mol. The molecule has 0 aromatic heterocycles. The van der Waals surface area contributed by atoms with Crippen LogP contribution in [0.4, 0.5) is 0 Å². The molecule has 0 saturated carbocycles. The van der Waals surface area contributed by atoms with E-state index in [4.69, 9.17) is 20.5 Å². The van der Waals surface area contributed by atoms with Gasteiger partial charge in [-0.3, -0.25) is 0 Å². The van der Waals surface area contributed by atoms with Gasteiger partial charge in [0.15, 0.2) is 0 Å². The van der Waals surface area contributed by atoms with Crippen LogP contribution in [0.5, 0.6) is 0 Å². The molecule has 0 aliphatic carbocycles. The van der Waals surface area contributed by atoms with Crippen LogP contribution in [0.3, 0.4) is 0 Å². The second-order valence-corrected chi connectivity index (χ2v) is 5.72. The van der Waals surface area contributed by atoms with E-state index in [0.29, 0.717) is 38.4 Å². The van der Waals surface area contributed by atoms with Crippen molar-refractivity contribution < 1.29 is 13.6 Å². The Morgan fingerprint density at radius 3 is 1.70 bits per heavy atom. The van der Waals surface area contributed by atoms with E-state index in [1.165, 1.54) is 0 Å². The van der Waals surface area contributed by atoms with Gasteiger partial charge in [0.05, 0.1) is 0 Å². The molecule has 0 spiro atoms. The van der Waals surface area contributed by atoms with Crippen molar-refractivity contribution in [3.8, 4) is 0 Å². The molecular formula is C12H30N4O3P+. The smallest absolute Gasteiger partial charge is 0.329 e. The molecule has 0 aliphatic heterocycles. The normalized spacial score (nSPS) is 15.1. The molecule has 2 unspecified atom stereocenters. The lowest BCUT2D eigenvalue weighted by atomic mass is 10.2. The van der Waals surface area contributed by atoms with Crippen LogP contribution in [0.15, 0.2) is 0 Å². The number of rotatable bonds is 14. The van der Waals surface area contributed by atoms with Crippen LogP contribution in [0, 0.1) is 0 Å². The van der Waals surface area contributed by atoms with Crippen LogP contribution in [-0.2, 0) is 13.6 Å². The molecule has 0 bridgehead atoms. The third kappa shape index (κ3) is 12.9. The highest BCUT2D eigenvalue weighted by Gasteiger charge is 2.20. The molecule has 8 heteroatoms. The maximum atomic E-state index is 11.5. The molecule has 0 amide bonds. The lowest BCUT2D eigenvalue weighted by Gasteiger charge is -2.11. The predicted molar refractivity (Wildman–Crippen MR) is 81.8 cm³/mol. The van der Waals surface area contributed by atoms with E-state index < -0.39 is 8.25 Å². The van der Waals surface area contributed by atoms with E-state index >= 15 is 0 Å². The zero-order valence-electron chi connectivity index (χ0n) is 12.6. The van der Waals surface area contributed by atoms with E-state index in [9.17, 15) is 4.57 Å². The van der Waals surface area contributed by atoms with Gasteiger partial charge >= 0.3 is 8.25 Å². The first-order chi connectivity index (χ1) is 9.60. The van der Waals surface area contributed by atoms with E-state index in [2.05, 4.69) is 10.6 Å². The highest BCUT2D eigenvalue weighted by atomic mass is 31.1. The molecule has 6 N–H and O–H groups in total. The van der Waals surface area contributed by atoms with Crippen LogP contribution >= 0.6 is 8.25 Å². The van der Waals surface area contributed by atoms with Crippen molar-refractivity contribution in [2.75, 3.05) is 39.4 Å². The molecule has 0 heterocycles. The maximum absolute atomic E-state index is 11.5. The molecule has 0 fully saturated rings. The third-order valence-electron chi connectivity index (χ3n) is 2.77. The Balaban J connectivity index is 3.45. The van der Waals surface area contributed by atoms with Crippen molar-refractivity contribution in [2.45, 2.75) is 38.8 Å². The van der Waals surface area contributed by atoms with Crippen molar-refractivity contribution in [1.82, 2.24) is 10.6 Å². The summed E-state index contributed by atoms with van der Waals surface area (Å²) in [6, 6.07) is 0.588. The van der Waals surface area contributed by atoms with Gasteiger partial charge < -0.3 is 22.1 Å². The van der Waals surface area contributed by atoms with Crippen LogP contribution in [-0.4, -0.2) is 51.5 Å². The quantitative estimate of drug-likeness (QED) is 0.342. The fraction of sp³-hybridized carbons (Fsp3) is 1.00. The van der Waals surface area contributed by atoms with Crippen LogP contribution in [0.25, 0.3) is 0 Å². The van der Waals surface area contributed by atoms with Gasteiger partial charge in [-0.15, -0.1) is 9.05 Å². The van der Waals surface area contributed by atoms with Crippen molar-refractivity contribution in [3.63, 3.8) is 0 Å². The summed E-state index contributed by atoms with van der Waals surface area (Å²) in [5, 5.41) is 6.45. The fourth-order valence-electron chi connectivity index (χ4n) is 1.51. The monoisotopic (exact) mass is 309 g/mol. The number of hydrogen-bond donors (Lipinski definition) is 4. The molecule has 20 heavy (non-hydrogen) atoms. The Kier molecular flexibility index (Phi) is 13.7. The standard InChI is InChI=1S/C12H30N4O3P/c1-11(15-7-5-13)3-9-18-20(17)19-10-4-12(2)16-8-6-14/h11-12,15-16H,3-10,13-14H2,1-2H3/q+1. The Bertz CT molecular complexity index is 225. The molecule has 0 saturated heterocycles.